The van der Waals surface area contributed by atoms with Crippen LogP contribution in [0.1, 0.15) is 32.1 Å². The number of carboxylic acids is 1. The third-order valence-electron chi connectivity index (χ3n) is 3.36. The number of rotatable bonds is 1. The fourth-order valence-corrected chi connectivity index (χ4v) is 2.65. The molecule has 11 heavy (non-hydrogen) atoms. The molecule has 0 aromatic carbocycles. The van der Waals surface area contributed by atoms with Crippen molar-refractivity contribution in [2.24, 2.45) is 17.8 Å². The second kappa shape index (κ2) is 2.50. The highest BCUT2D eigenvalue weighted by molar-refractivity contribution is 5.71. The molecule has 0 heterocycles. The van der Waals surface area contributed by atoms with Crippen LogP contribution in [-0.4, -0.2) is 11.1 Å². The van der Waals surface area contributed by atoms with Gasteiger partial charge in [-0.1, -0.05) is 19.3 Å². The minimum atomic E-state index is -0.562. The van der Waals surface area contributed by atoms with E-state index in [2.05, 4.69) is 0 Å². The lowest BCUT2D eigenvalue weighted by Gasteiger charge is -2.45. The van der Waals surface area contributed by atoms with Crippen molar-refractivity contribution in [1.82, 2.24) is 0 Å². The molecule has 0 saturated heterocycles. The van der Waals surface area contributed by atoms with Crippen LogP contribution in [0.4, 0.5) is 0 Å². The monoisotopic (exact) mass is 154 g/mol. The van der Waals surface area contributed by atoms with E-state index in [1.807, 2.05) is 0 Å². The summed E-state index contributed by atoms with van der Waals surface area (Å²) in [6, 6.07) is 0. The summed E-state index contributed by atoms with van der Waals surface area (Å²) in [6.45, 7) is 0. The maximum absolute atomic E-state index is 10.6. The van der Waals surface area contributed by atoms with Gasteiger partial charge in [-0.3, -0.25) is 4.79 Å². The molecule has 2 aliphatic carbocycles. The molecule has 3 atom stereocenters. The van der Waals surface area contributed by atoms with Crippen LogP contribution in [0.2, 0.25) is 0 Å². The molecule has 2 aliphatic rings. The van der Waals surface area contributed by atoms with Crippen molar-refractivity contribution in [3.05, 3.63) is 0 Å². The molecule has 0 radical (unpaired) electrons. The van der Waals surface area contributed by atoms with Crippen molar-refractivity contribution in [2.45, 2.75) is 32.1 Å². The van der Waals surface area contributed by atoms with Crippen molar-refractivity contribution in [3.8, 4) is 0 Å². The Morgan fingerprint density at radius 3 is 2.64 bits per heavy atom. The van der Waals surface area contributed by atoms with Crippen molar-refractivity contribution in [1.29, 1.82) is 0 Å². The average molecular weight is 154 g/mol. The standard InChI is InChI=1S/C9H14O2/c10-9(11)8-5-6-3-1-2-4-7(6)8/h6-8H,1-5H2,(H,10,11)/t6-,7+,8+/m0/s1. The van der Waals surface area contributed by atoms with Crippen LogP contribution < -0.4 is 0 Å². The number of carbonyl (C=O) groups is 1. The van der Waals surface area contributed by atoms with Gasteiger partial charge >= 0.3 is 5.97 Å². The van der Waals surface area contributed by atoms with Gasteiger partial charge in [0.15, 0.2) is 0 Å². The molecular weight excluding hydrogens is 140 g/mol. The van der Waals surface area contributed by atoms with E-state index in [1.165, 1.54) is 25.7 Å². The summed E-state index contributed by atoms with van der Waals surface area (Å²) < 4.78 is 0. The molecule has 0 bridgehead atoms. The Morgan fingerprint density at radius 1 is 1.27 bits per heavy atom. The third kappa shape index (κ3) is 1.05. The maximum Gasteiger partial charge on any atom is 0.306 e. The predicted octanol–water partition coefficient (Wildman–Crippen LogP) is 1.90. The number of aliphatic carboxylic acids is 1. The van der Waals surface area contributed by atoms with Gasteiger partial charge < -0.3 is 5.11 Å². The zero-order valence-electron chi connectivity index (χ0n) is 6.62. The molecule has 0 amide bonds. The van der Waals surface area contributed by atoms with Crippen LogP contribution >= 0.6 is 0 Å². The van der Waals surface area contributed by atoms with Crippen LogP contribution in [-0.2, 0) is 4.79 Å². The van der Waals surface area contributed by atoms with Gasteiger partial charge in [-0.05, 0) is 24.7 Å². The Balaban J connectivity index is 1.96. The normalized spacial score (nSPS) is 42.4. The first kappa shape index (κ1) is 7.14. The molecule has 2 rings (SSSR count). The average Bonchev–Trinajstić information content (AvgIpc) is 1.90. The first-order valence-electron chi connectivity index (χ1n) is 4.52. The summed E-state index contributed by atoms with van der Waals surface area (Å²) in [5.41, 5.74) is 0. The van der Waals surface area contributed by atoms with E-state index in [9.17, 15) is 4.79 Å². The number of hydrogen-bond donors (Lipinski definition) is 1. The molecule has 62 valence electrons. The Labute approximate surface area is 66.6 Å². The van der Waals surface area contributed by atoms with Crippen molar-refractivity contribution < 1.29 is 9.90 Å². The van der Waals surface area contributed by atoms with Crippen molar-refractivity contribution in [3.63, 3.8) is 0 Å². The summed E-state index contributed by atoms with van der Waals surface area (Å²) in [5.74, 6) is 0.763. The number of hydrogen-bond acceptors (Lipinski definition) is 1. The molecule has 2 nitrogen and oxygen atoms in total. The first-order chi connectivity index (χ1) is 5.29. The number of carboxylic acid groups (broad SMARTS) is 1. The Kier molecular flexibility index (Phi) is 1.63. The molecule has 1 N–H and O–H groups in total. The summed E-state index contributed by atoms with van der Waals surface area (Å²) in [7, 11) is 0. The van der Waals surface area contributed by atoms with Gasteiger partial charge in [0.1, 0.15) is 0 Å². The molecule has 0 unspecified atom stereocenters. The summed E-state index contributed by atoms with van der Waals surface area (Å²) in [6.07, 6.45) is 5.99. The van der Waals surface area contributed by atoms with Gasteiger partial charge in [0, 0.05) is 0 Å². The molecule has 0 aliphatic heterocycles. The van der Waals surface area contributed by atoms with Crippen molar-refractivity contribution in [2.75, 3.05) is 0 Å². The largest absolute Gasteiger partial charge is 0.481 e. The summed E-state index contributed by atoms with van der Waals surface area (Å²) >= 11 is 0. The van der Waals surface area contributed by atoms with Gasteiger partial charge in [0.25, 0.3) is 0 Å². The molecule has 2 fully saturated rings. The van der Waals surface area contributed by atoms with E-state index >= 15 is 0 Å². The van der Waals surface area contributed by atoms with E-state index < -0.39 is 5.97 Å². The fourth-order valence-electron chi connectivity index (χ4n) is 2.65. The quantitative estimate of drug-likeness (QED) is 0.626. The second-order valence-corrected chi connectivity index (χ2v) is 3.89. The molecular formula is C9H14O2. The maximum atomic E-state index is 10.6. The minimum Gasteiger partial charge on any atom is -0.481 e. The fraction of sp³-hybridized carbons (Fsp3) is 0.889. The van der Waals surface area contributed by atoms with E-state index in [0.29, 0.717) is 5.92 Å². The Bertz CT molecular complexity index is 176. The van der Waals surface area contributed by atoms with E-state index in [4.69, 9.17) is 5.11 Å². The van der Waals surface area contributed by atoms with E-state index in [1.54, 1.807) is 0 Å². The Morgan fingerprint density at radius 2 is 2.00 bits per heavy atom. The topological polar surface area (TPSA) is 37.3 Å². The van der Waals surface area contributed by atoms with Crippen molar-refractivity contribution >= 4 is 5.97 Å². The molecule has 0 spiro atoms. The minimum absolute atomic E-state index is 0.0142. The smallest absolute Gasteiger partial charge is 0.306 e. The van der Waals surface area contributed by atoms with Gasteiger partial charge in [-0.15, -0.1) is 0 Å². The summed E-state index contributed by atoms with van der Waals surface area (Å²) in [5, 5.41) is 8.77. The zero-order valence-corrected chi connectivity index (χ0v) is 6.62. The van der Waals surface area contributed by atoms with Crippen LogP contribution in [0.15, 0.2) is 0 Å². The highest BCUT2D eigenvalue weighted by atomic mass is 16.4. The van der Waals surface area contributed by atoms with Gasteiger partial charge in [-0.2, -0.15) is 0 Å². The highest BCUT2D eigenvalue weighted by Gasteiger charge is 2.45. The third-order valence-corrected chi connectivity index (χ3v) is 3.36. The lowest BCUT2D eigenvalue weighted by molar-refractivity contribution is -0.152. The second-order valence-electron chi connectivity index (χ2n) is 3.89. The van der Waals surface area contributed by atoms with E-state index in [0.717, 1.165) is 12.3 Å². The Hall–Kier alpha value is -0.530. The highest BCUT2D eigenvalue weighted by Crippen LogP contribution is 2.49. The van der Waals surface area contributed by atoms with Crippen LogP contribution in [0.5, 0.6) is 0 Å². The SMILES string of the molecule is O=C(O)[C@@H]1C[C@@H]2CCCC[C@H]21. The predicted molar refractivity (Wildman–Crippen MR) is 41.2 cm³/mol. The lowest BCUT2D eigenvalue weighted by Crippen LogP contribution is -2.43. The van der Waals surface area contributed by atoms with Gasteiger partial charge in [0.05, 0.1) is 5.92 Å². The van der Waals surface area contributed by atoms with Crippen LogP contribution in [0.3, 0.4) is 0 Å². The van der Waals surface area contributed by atoms with Gasteiger partial charge in [-0.25, -0.2) is 0 Å². The zero-order chi connectivity index (χ0) is 7.84. The van der Waals surface area contributed by atoms with E-state index in [-0.39, 0.29) is 5.92 Å². The summed E-state index contributed by atoms with van der Waals surface area (Å²) in [4.78, 5) is 10.6. The molecule has 2 heteroatoms. The molecule has 2 saturated carbocycles. The first-order valence-corrected chi connectivity index (χ1v) is 4.52. The van der Waals surface area contributed by atoms with Gasteiger partial charge in [0.2, 0.25) is 0 Å². The lowest BCUT2D eigenvalue weighted by atomic mass is 9.59. The molecule has 0 aromatic rings. The number of fused-ring (bicyclic) bond motifs is 1. The molecule has 0 aromatic heterocycles. The van der Waals surface area contributed by atoms with Crippen LogP contribution in [0, 0.1) is 17.8 Å². The van der Waals surface area contributed by atoms with Crippen LogP contribution in [0.25, 0.3) is 0 Å².